The van der Waals surface area contributed by atoms with E-state index in [1.54, 1.807) is 0 Å². The van der Waals surface area contributed by atoms with Crippen LogP contribution in [0.3, 0.4) is 0 Å². The monoisotopic (exact) mass is 752 g/mol. The number of hydrogen-bond acceptors (Lipinski definition) is 2. The highest BCUT2D eigenvalue weighted by molar-refractivity contribution is 7.00. The predicted octanol–water partition coefficient (Wildman–Crippen LogP) is 13.1. The Morgan fingerprint density at radius 2 is 0.678 bits per heavy atom. The van der Waals surface area contributed by atoms with Crippen LogP contribution in [0.25, 0.3) is 44.5 Å². The summed E-state index contributed by atoms with van der Waals surface area (Å²) in [5.41, 5.74) is 23.3. The van der Waals surface area contributed by atoms with Gasteiger partial charge in [0.15, 0.2) is 0 Å². The molecule has 59 heavy (non-hydrogen) atoms. The molecular formula is C56H41BN2. The van der Waals surface area contributed by atoms with E-state index in [4.69, 9.17) is 0 Å². The second-order valence-electron chi connectivity index (χ2n) is 15.9. The average molecular weight is 753 g/mol. The number of para-hydroxylation sites is 1. The van der Waals surface area contributed by atoms with E-state index in [-0.39, 0.29) is 6.71 Å². The van der Waals surface area contributed by atoms with E-state index in [0.717, 1.165) is 11.4 Å². The average Bonchev–Trinajstić information content (AvgIpc) is 3.30. The van der Waals surface area contributed by atoms with Gasteiger partial charge in [-0.3, -0.25) is 0 Å². The normalized spacial score (nSPS) is 12.5. The molecule has 0 saturated heterocycles. The van der Waals surface area contributed by atoms with Crippen molar-refractivity contribution < 1.29 is 0 Å². The molecule has 278 valence electrons. The summed E-state index contributed by atoms with van der Waals surface area (Å²) >= 11 is 0. The molecule has 0 bridgehead atoms. The number of benzene rings is 9. The molecule has 3 heteroatoms. The van der Waals surface area contributed by atoms with Crippen molar-refractivity contribution in [2.75, 3.05) is 9.80 Å². The zero-order valence-corrected chi connectivity index (χ0v) is 33.2. The maximum atomic E-state index is 2.51. The fourth-order valence-corrected chi connectivity index (χ4v) is 9.27. The molecule has 11 rings (SSSR count). The van der Waals surface area contributed by atoms with Crippen LogP contribution < -0.4 is 26.2 Å². The third kappa shape index (κ3) is 6.06. The lowest BCUT2D eigenvalue weighted by Crippen LogP contribution is -2.61. The number of anilines is 6. The van der Waals surface area contributed by atoms with Crippen LogP contribution in [0.1, 0.15) is 11.1 Å². The van der Waals surface area contributed by atoms with Crippen LogP contribution in [0.15, 0.2) is 212 Å². The lowest BCUT2D eigenvalue weighted by molar-refractivity contribution is 1.25. The topological polar surface area (TPSA) is 6.48 Å². The van der Waals surface area contributed by atoms with Crippen molar-refractivity contribution in [2.24, 2.45) is 0 Å². The Morgan fingerprint density at radius 1 is 0.288 bits per heavy atom. The van der Waals surface area contributed by atoms with Gasteiger partial charge in [-0.05, 0) is 123 Å². The summed E-state index contributed by atoms with van der Waals surface area (Å²) in [6.07, 6.45) is 0. The van der Waals surface area contributed by atoms with E-state index in [9.17, 15) is 0 Å². The first-order valence-corrected chi connectivity index (χ1v) is 20.5. The summed E-state index contributed by atoms with van der Waals surface area (Å²) < 4.78 is 0. The molecule has 0 aliphatic carbocycles. The van der Waals surface area contributed by atoms with Gasteiger partial charge in [-0.2, -0.15) is 0 Å². The largest absolute Gasteiger partial charge is 0.311 e. The van der Waals surface area contributed by atoms with Crippen LogP contribution in [0, 0.1) is 13.8 Å². The van der Waals surface area contributed by atoms with Crippen molar-refractivity contribution in [1.82, 2.24) is 0 Å². The molecule has 0 fully saturated rings. The summed E-state index contributed by atoms with van der Waals surface area (Å²) in [6, 6.07) is 78.3. The highest BCUT2D eigenvalue weighted by Gasteiger charge is 2.43. The Morgan fingerprint density at radius 3 is 1.22 bits per heavy atom. The summed E-state index contributed by atoms with van der Waals surface area (Å²) in [5.74, 6) is 0. The van der Waals surface area contributed by atoms with Crippen molar-refractivity contribution in [3.8, 4) is 44.5 Å². The standard InChI is InChI=1S/C56H41BN2/c1-38-18-30-49(31-19-38)59-52-32-20-39(2)34-50(52)57-51-35-46(44-25-21-42(22-26-44)40-12-6-3-7-13-40)29-33-53(51)58(48-16-10-5-11-17-48)54-36-47(37-55(59)56(54)57)45-27-23-43(24-28-45)41-14-8-4-9-15-41/h3-37H,1-2H3. The zero-order valence-electron chi connectivity index (χ0n) is 33.2. The van der Waals surface area contributed by atoms with Crippen molar-refractivity contribution >= 4 is 57.2 Å². The smallest absolute Gasteiger partial charge is 0.252 e. The quantitative estimate of drug-likeness (QED) is 0.156. The van der Waals surface area contributed by atoms with Crippen molar-refractivity contribution in [3.05, 3.63) is 223 Å². The fourth-order valence-electron chi connectivity index (χ4n) is 9.27. The van der Waals surface area contributed by atoms with Crippen LogP contribution in [-0.2, 0) is 0 Å². The Hall–Kier alpha value is -7.36. The van der Waals surface area contributed by atoms with E-state index >= 15 is 0 Å². The van der Waals surface area contributed by atoms with E-state index in [2.05, 4.69) is 236 Å². The molecule has 2 aliphatic heterocycles. The molecular weight excluding hydrogens is 711 g/mol. The van der Waals surface area contributed by atoms with Gasteiger partial charge in [0, 0.05) is 34.1 Å². The maximum Gasteiger partial charge on any atom is 0.252 e. The van der Waals surface area contributed by atoms with Gasteiger partial charge in [-0.25, -0.2) is 0 Å². The lowest BCUT2D eigenvalue weighted by atomic mass is 9.33. The molecule has 0 radical (unpaired) electrons. The zero-order chi connectivity index (χ0) is 39.5. The van der Waals surface area contributed by atoms with Crippen LogP contribution in [0.2, 0.25) is 0 Å². The van der Waals surface area contributed by atoms with Crippen LogP contribution in [-0.4, -0.2) is 6.71 Å². The summed E-state index contributed by atoms with van der Waals surface area (Å²) in [6.45, 7) is 4.40. The fraction of sp³-hybridized carbons (Fsp3) is 0.0357. The SMILES string of the molecule is Cc1ccc(N2c3ccc(C)cc3B3c4cc(-c5ccc(-c6ccccc6)cc5)ccc4N(c4ccccc4)c4cc(-c5ccc(-c6ccccc6)cc5)cc2c43)cc1. The van der Waals surface area contributed by atoms with Crippen molar-refractivity contribution in [1.29, 1.82) is 0 Å². The first kappa shape index (κ1) is 34.9. The highest BCUT2D eigenvalue weighted by atomic mass is 15.2. The third-order valence-corrected chi connectivity index (χ3v) is 12.2. The Kier molecular flexibility index (Phi) is 8.41. The molecule has 2 heterocycles. The number of aryl methyl sites for hydroxylation is 2. The van der Waals surface area contributed by atoms with Gasteiger partial charge < -0.3 is 9.80 Å². The Bertz CT molecular complexity index is 2980. The second-order valence-corrected chi connectivity index (χ2v) is 15.9. The van der Waals surface area contributed by atoms with Crippen molar-refractivity contribution in [2.45, 2.75) is 13.8 Å². The maximum absolute atomic E-state index is 2.51. The predicted molar refractivity (Wildman–Crippen MR) is 252 cm³/mol. The van der Waals surface area contributed by atoms with Crippen molar-refractivity contribution in [3.63, 3.8) is 0 Å². The number of hydrogen-bond donors (Lipinski definition) is 0. The molecule has 9 aromatic rings. The van der Waals surface area contributed by atoms with Gasteiger partial charge in [0.2, 0.25) is 0 Å². The molecule has 0 spiro atoms. The molecule has 2 nitrogen and oxygen atoms in total. The van der Waals surface area contributed by atoms with Gasteiger partial charge in [-0.1, -0.05) is 175 Å². The summed E-state index contributed by atoms with van der Waals surface area (Å²) in [7, 11) is 0. The Labute approximate surface area is 347 Å². The van der Waals surface area contributed by atoms with Crippen LogP contribution >= 0.6 is 0 Å². The summed E-state index contributed by atoms with van der Waals surface area (Å²) in [5, 5.41) is 0. The molecule has 9 aromatic carbocycles. The molecule has 0 saturated carbocycles. The third-order valence-electron chi connectivity index (χ3n) is 12.2. The lowest BCUT2D eigenvalue weighted by Gasteiger charge is -2.44. The molecule has 0 unspecified atom stereocenters. The van der Waals surface area contributed by atoms with Crippen LogP contribution in [0.5, 0.6) is 0 Å². The van der Waals surface area contributed by atoms with Gasteiger partial charge >= 0.3 is 0 Å². The second kappa shape index (κ2) is 14.2. The minimum atomic E-state index is 0.0182. The summed E-state index contributed by atoms with van der Waals surface area (Å²) in [4.78, 5) is 5.01. The first-order chi connectivity index (χ1) is 29.1. The van der Waals surface area contributed by atoms with Gasteiger partial charge in [0.25, 0.3) is 6.71 Å². The van der Waals surface area contributed by atoms with Gasteiger partial charge in [-0.15, -0.1) is 0 Å². The molecule has 2 aliphatic rings. The van der Waals surface area contributed by atoms with E-state index in [1.165, 1.54) is 94.8 Å². The Balaban J connectivity index is 1.16. The van der Waals surface area contributed by atoms with Gasteiger partial charge in [0.1, 0.15) is 0 Å². The van der Waals surface area contributed by atoms with E-state index in [1.807, 2.05) is 0 Å². The van der Waals surface area contributed by atoms with Crippen LogP contribution in [0.4, 0.5) is 34.1 Å². The van der Waals surface area contributed by atoms with E-state index in [0.29, 0.717) is 0 Å². The number of nitrogens with zero attached hydrogens (tertiary/aromatic N) is 2. The number of fused-ring (bicyclic) bond motifs is 4. The van der Waals surface area contributed by atoms with E-state index < -0.39 is 0 Å². The highest BCUT2D eigenvalue weighted by Crippen LogP contribution is 2.46. The molecule has 0 N–H and O–H groups in total. The van der Waals surface area contributed by atoms with Gasteiger partial charge in [0.05, 0.1) is 0 Å². The minimum absolute atomic E-state index is 0.0182. The molecule has 0 aromatic heterocycles. The minimum Gasteiger partial charge on any atom is -0.311 e. The molecule has 0 atom stereocenters. The molecule has 0 amide bonds. The number of rotatable bonds is 6. The first-order valence-electron chi connectivity index (χ1n) is 20.5.